The first-order chi connectivity index (χ1) is 15.1. The van der Waals surface area contributed by atoms with E-state index in [-0.39, 0.29) is 35.8 Å². The number of likely N-dealkylation sites (tertiary alicyclic amines) is 1. The fraction of sp³-hybridized carbons (Fsp3) is 0.480. The van der Waals surface area contributed by atoms with Crippen molar-refractivity contribution in [2.24, 2.45) is 5.92 Å². The van der Waals surface area contributed by atoms with E-state index in [1.165, 1.54) is 11.6 Å². The number of hydrogen-bond donors (Lipinski definition) is 1. The van der Waals surface area contributed by atoms with Crippen molar-refractivity contribution in [3.63, 3.8) is 0 Å². The lowest BCUT2D eigenvalue weighted by Gasteiger charge is -2.32. The minimum Gasteiger partial charge on any atom is -0.466 e. The van der Waals surface area contributed by atoms with Crippen LogP contribution in [0.4, 0.5) is 15.8 Å². The first-order valence-corrected chi connectivity index (χ1v) is 11.3. The molecule has 3 unspecified atom stereocenters. The maximum absolute atomic E-state index is 14.1. The number of benzene rings is 2. The van der Waals surface area contributed by atoms with E-state index in [2.05, 4.69) is 28.4 Å². The molecule has 2 fully saturated rings. The van der Waals surface area contributed by atoms with Gasteiger partial charge in [0.2, 0.25) is 0 Å². The van der Waals surface area contributed by atoms with E-state index >= 15 is 0 Å². The van der Waals surface area contributed by atoms with Gasteiger partial charge in [-0.25, -0.2) is 4.39 Å². The van der Waals surface area contributed by atoms with Crippen molar-refractivity contribution in [1.82, 2.24) is 4.90 Å². The van der Waals surface area contributed by atoms with Crippen molar-refractivity contribution in [3.8, 4) is 0 Å². The molecule has 0 aliphatic carbocycles. The van der Waals surface area contributed by atoms with Crippen LogP contribution in [0, 0.1) is 11.7 Å². The van der Waals surface area contributed by atoms with Crippen LogP contribution in [0.3, 0.4) is 0 Å². The van der Waals surface area contributed by atoms with Crippen LogP contribution in [0.15, 0.2) is 42.5 Å². The number of anilines is 2. The molecule has 164 valence electrons. The SMILES string of the molecule is CCOC(=O)C1CCN(CC2CC3c4ccccc4Nc4ccc(F)cc4C3O2)CC1. The molecule has 3 heterocycles. The Morgan fingerprint density at radius 1 is 1.16 bits per heavy atom. The van der Waals surface area contributed by atoms with E-state index in [0.29, 0.717) is 6.61 Å². The fourth-order valence-electron chi connectivity index (χ4n) is 5.32. The number of nitrogens with zero attached hydrogens (tertiary/aromatic N) is 1. The minimum atomic E-state index is -0.238. The van der Waals surface area contributed by atoms with Gasteiger partial charge in [-0.15, -0.1) is 0 Å². The molecule has 3 aliphatic heterocycles. The number of carbonyl (C=O) groups is 1. The van der Waals surface area contributed by atoms with Crippen LogP contribution in [-0.2, 0) is 14.3 Å². The van der Waals surface area contributed by atoms with Crippen LogP contribution in [-0.4, -0.2) is 43.2 Å². The van der Waals surface area contributed by atoms with Crippen LogP contribution in [0.5, 0.6) is 0 Å². The lowest BCUT2D eigenvalue weighted by molar-refractivity contribution is -0.149. The summed E-state index contributed by atoms with van der Waals surface area (Å²) >= 11 is 0. The molecule has 5 nitrogen and oxygen atoms in total. The third kappa shape index (κ3) is 4.06. The number of para-hydroxylation sites is 1. The highest BCUT2D eigenvalue weighted by molar-refractivity contribution is 5.72. The summed E-state index contributed by atoms with van der Waals surface area (Å²) in [5, 5.41) is 3.48. The first kappa shape index (κ1) is 20.5. The largest absolute Gasteiger partial charge is 0.466 e. The number of hydrogen-bond acceptors (Lipinski definition) is 5. The molecule has 6 heteroatoms. The fourth-order valence-corrected chi connectivity index (χ4v) is 5.32. The molecule has 0 spiro atoms. The summed E-state index contributed by atoms with van der Waals surface area (Å²) < 4.78 is 25.9. The minimum absolute atomic E-state index is 0.0135. The van der Waals surface area contributed by atoms with Gasteiger partial charge in [0, 0.05) is 29.4 Å². The summed E-state index contributed by atoms with van der Waals surface area (Å²) in [6.45, 7) is 4.88. The Hall–Kier alpha value is -2.44. The van der Waals surface area contributed by atoms with Gasteiger partial charge in [0.15, 0.2) is 0 Å². The topological polar surface area (TPSA) is 50.8 Å². The van der Waals surface area contributed by atoms with Crippen molar-refractivity contribution in [3.05, 3.63) is 59.4 Å². The number of carbonyl (C=O) groups excluding carboxylic acids is 1. The first-order valence-electron chi connectivity index (χ1n) is 11.3. The van der Waals surface area contributed by atoms with Crippen LogP contribution in [0.1, 0.15) is 49.3 Å². The third-order valence-corrected chi connectivity index (χ3v) is 6.84. The van der Waals surface area contributed by atoms with E-state index < -0.39 is 0 Å². The van der Waals surface area contributed by atoms with Gasteiger partial charge in [-0.3, -0.25) is 4.79 Å². The number of rotatable bonds is 4. The molecule has 0 bridgehead atoms. The van der Waals surface area contributed by atoms with E-state index in [0.717, 1.165) is 55.8 Å². The van der Waals surface area contributed by atoms with Gasteiger partial charge in [-0.2, -0.15) is 0 Å². The molecule has 0 aromatic heterocycles. The summed E-state index contributed by atoms with van der Waals surface area (Å²) in [5.74, 6) is -0.101. The lowest BCUT2D eigenvalue weighted by atomic mass is 9.87. The highest BCUT2D eigenvalue weighted by Gasteiger charge is 2.42. The Kier molecular flexibility index (Phi) is 5.67. The summed E-state index contributed by atoms with van der Waals surface area (Å²) in [7, 11) is 0. The summed E-state index contributed by atoms with van der Waals surface area (Å²) in [4.78, 5) is 14.4. The Balaban J connectivity index is 1.32. The molecule has 31 heavy (non-hydrogen) atoms. The molecule has 1 N–H and O–H groups in total. The molecule has 2 aromatic carbocycles. The van der Waals surface area contributed by atoms with Gasteiger partial charge in [0.25, 0.3) is 0 Å². The molecule has 3 aliphatic rings. The maximum Gasteiger partial charge on any atom is 0.309 e. The standard InChI is InChI=1S/C25H29FN2O3/c1-2-30-25(29)16-9-11-28(12-10-16)15-18-14-20-19-5-3-4-6-22(19)27-23-8-7-17(26)13-21(23)24(20)31-18/h3-8,13,16,18,20,24,27H,2,9-12,14-15H2,1H3. The molecule has 3 atom stereocenters. The number of fused-ring (bicyclic) bond motifs is 5. The Labute approximate surface area is 182 Å². The lowest BCUT2D eigenvalue weighted by Crippen LogP contribution is -2.40. The van der Waals surface area contributed by atoms with Crippen LogP contribution in [0.25, 0.3) is 0 Å². The van der Waals surface area contributed by atoms with Gasteiger partial charge >= 0.3 is 5.97 Å². The normalized spacial score (nSPS) is 25.7. The second-order valence-corrected chi connectivity index (χ2v) is 8.79. The zero-order valence-corrected chi connectivity index (χ0v) is 17.9. The number of piperidine rings is 1. The van der Waals surface area contributed by atoms with Crippen molar-refractivity contribution < 1.29 is 18.7 Å². The van der Waals surface area contributed by atoms with Gasteiger partial charge in [0.1, 0.15) is 5.82 Å². The monoisotopic (exact) mass is 424 g/mol. The van der Waals surface area contributed by atoms with Crippen LogP contribution < -0.4 is 5.32 Å². The van der Waals surface area contributed by atoms with E-state index in [9.17, 15) is 9.18 Å². The van der Waals surface area contributed by atoms with Crippen LogP contribution >= 0.6 is 0 Å². The molecular weight excluding hydrogens is 395 g/mol. The molecule has 5 rings (SSSR count). The van der Waals surface area contributed by atoms with Crippen molar-refractivity contribution >= 4 is 17.3 Å². The molecule has 2 saturated heterocycles. The number of halogens is 1. The molecule has 2 aromatic rings. The number of ether oxygens (including phenoxy) is 2. The van der Waals surface area contributed by atoms with Crippen molar-refractivity contribution in [2.75, 3.05) is 31.6 Å². The third-order valence-electron chi connectivity index (χ3n) is 6.84. The molecule has 0 amide bonds. The summed E-state index contributed by atoms with van der Waals surface area (Å²) in [6, 6.07) is 13.2. The predicted octanol–water partition coefficient (Wildman–Crippen LogP) is 4.77. The predicted molar refractivity (Wildman–Crippen MR) is 117 cm³/mol. The zero-order valence-electron chi connectivity index (χ0n) is 17.9. The number of nitrogens with one attached hydrogen (secondary N) is 1. The Morgan fingerprint density at radius 3 is 2.74 bits per heavy atom. The van der Waals surface area contributed by atoms with E-state index in [1.807, 2.05) is 13.0 Å². The van der Waals surface area contributed by atoms with E-state index in [4.69, 9.17) is 9.47 Å². The van der Waals surface area contributed by atoms with Crippen molar-refractivity contribution in [2.45, 2.75) is 44.3 Å². The quantitative estimate of drug-likeness (QED) is 0.717. The summed E-state index contributed by atoms with van der Waals surface area (Å²) in [5.41, 5.74) is 4.11. The second kappa shape index (κ2) is 8.60. The van der Waals surface area contributed by atoms with E-state index in [1.54, 1.807) is 12.1 Å². The van der Waals surface area contributed by atoms with Crippen molar-refractivity contribution in [1.29, 1.82) is 0 Å². The summed E-state index contributed by atoms with van der Waals surface area (Å²) in [6.07, 6.45) is 2.48. The highest BCUT2D eigenvalue weighted by Crippen LogP contribution is 2.51. The average molecular weight is 425 g/mol. The van der Waals surface area contributed by atoms with Crippen LogP contribution in [0.2, 0.25) is 0 Å². The molecular formula is C25H29FN2O3. The van der Waals surface area contributed by atoms with Gasteiger partial charge < -0.3 is 19.7 Å². The Morgan fingerprint density at radius 2 is 1.94 bits per heavy atom. The Bertz CT molecular complexity index is 958. The average Bonchev–Trinajstić information content (AvgIpc) is 3.14. The van der Waals surface area contributed by atoms with Gasteiger partial charge in [0.05, 0.1) is 24.7 Å². The maximum atomic E-state index is 14.1. The van der Waals surface area contributed by atoms with Gasteiger partial charge in [-0.1, -0.05) is 18.2 Å². The molecule has 0 saturated carbocycles. The number of esters is 1. The zero-order chi connectivity index (χ0) is 21.4. The smallest absolute Gasteiger partial charge is 0.309 e. The van der Waals surface area contributed by atoms with Gasteiger partial charge in [-0.05, 0) is 69.1 Å². The second-order valence-electron chi connectivity index (χ2n) is 8.79. The highest BCUT2D eigenvalue weighted by atomic mass is 19.1. The molecule has 0 radical (unpaired) electrons.